The molecule has 2 heterocycles. The summed E-state index contributed by atoms with van der Waals surface area (Å²) in [5.41, 5.74) is 5.35. The highest BCUT2D eigenvalue weighted by atomic mass is 32.1. The molecule has 0 bridgehead atoms. The zero-order valence-corrected chi connectivity index (χ0v) is 20.7. The topological polar surface area (TPSA) is 40.6 Å². The van der Waals surface area contributed by atoms with E-state index in [4.69, 9.17) is 0 Å². The zero-order valence-electron chi connectivity index (χ0n) is 19.9. The summed E-state index contributed by atoms with van der Waals surface area (Å²) in [4.78, 5) is 32.0. The highest BCUT2D eigenvalue weighted by molar-refractivity contribution is 7.10. The molecule has 0 aliphatic carbocycles. The van der Waals surface area contributed by atoms with Crippen LogP contribution < -0.4 is 0 Å². The van der Waals surface area contributed by atoms with Gasteiger partial charge in [0.2, 0.25) is 5.91 Å². The molecule has 3 aromatic rings. The number of rotatable bonds is 6. The largest absolute Gasteiger partial charge is 0.330 e. The van der Waals surface area contributed by atoms with E-state index >= 15 is 0 Å². The van der Waals surface area contributed by atoms with Gasteiger partial charge in [-0.15, -0.1) is 11.3 Å². The Morgan fingerprint density at radius 2 is 1.76 bits per heavy atom. The summed E-state index contributed by atoms with van der Waals surface area (Å²) in [6.45, 7) is 8.84. The molecule has 0 N–H and O–H groups in total. The number of thiophene rings is 1. The predicted molar refractivity (Wildman–Crippen MR) is 135 cm³/mol. The van der Waals surface area contributed by atoms with Gasteiger partial charge in [0.25, 0.3) is 5.91 Å². The maximum absolute atomic E-state index is 13.7. The first-order chi connectivity index (χ1) is 15.9. The minimum absolute atomic E-state index is 0.00958. The molecule has 4 nitrogen and oxygen atoms in total. The molecule has 4 rings (SSSR count). The Balaban J connectivity index is 1.60. The van der Waals surface area contributed by atoms with Crippen LogP contribution in [0.2, 0.25) is 0 Å². The van der Waals surface area contributed by atoms with Crippen molar-refractivity contribution < 1.29 is 9.59 Å². The second kappa shape index (κ2) is 9.92. The monoisotopic (exact) mass is 460 g/mol. The van der Waals surface area contributed by atoms with E-state index in [1.165, 1.54) is 21.6 Å². The molecule has 1 atom stereocenters. The highest BCUT2D eigenvalue weighted by Gasteiger charge is 2.34. The SMILES string of the molecule is CCc1ccc(C(=O)N(CC(=O)N2CCc3sccc3C2c2ccc(C)cc2)C(C)C)cc1. The van der Waals surface area contributed by atoms with E-state index in [0.29, 0.717) is 12.1 Å². The minimum atomic E-state index is -0.110. The van der Waals surface area contributed by atoms with Gasteiger partial charge in [-0.1, -0.05) is 48.9 Å². The molecule has 0 saturated heterocycles. The number of benzene rings is 2. The van der Waals surface area contributed by atoms with Crippen LogP contribution in [0.25, 0.3) is 0 Å². The lowest BCUT2D eigenvalue weighted by Gasteiger charge is -2.38. The Labute approximate surface area is 200 Å². The number of aryl methyl sites for hydroxylation is 2. The number of hydrogen-bond acceptors (Lipinski definition) is 3. The predicted octanol–water partition coefficient (Wildman–Crippen LogP) is 5.64. The molecule has 33 heavy (non-hydrogen) atoms. The summed E-state index contributed by atoms with van der Waals surface area (Å²) in [5, 5.41) is 2.11. The average Bonchev–Trinajstić information content (AvgIpc) is 3.31. The summed E-state index contributed by atoms with van der Waals surface area (Å²) < 4.78 is 0. The molecule has 172 valence electrons. The van der Waals surface area contributed by atoms with Crippen LogP contribution in [-0.4, -0.2) is 40.7 Å². The van der Waals surface area contributed by atoms with Gasteiger partial charge in [-0.3, -0.25) is 9.59 Å². The summed E-state index contributed by atoms with van der Waals surface area (Å²) >= 11 is 1.76. The van der Waals surface area contributed by atoms with E-state index in [1.54, 1.807) is 16.2 Å². The van der Waals surface area contributed by atoms with Gasteiger partial charge in [0.15, 0.2) is 0 Å². The lowest BCUT2D eigenvalue weighted by Crippen LogP contribution is -2.48. The Kier molecular flexibility index (Phi) is 6.99. The highest BCUT2D eigenvalue weighted by Crippen LogP contribution is 2.38. The van der Waals surface area contributed by atoms with E-state index in [1.807, 2.05) is 43.0 Å². The van der Waals surface area contributed by atoms with Gasteiger partial charge in [0.1, 0.15) is 6.54 Å². The summed E-state index contributed by atoms with van der Waals surface area (Å²) in [6, 6.07) is 18.1. The van der Waals surface area contributed by atoms with Crippen molar-refractivity contribution in [1.29, 1.82) is 0 Å². The normalized spacial score (nSPS) is 15.4. The fourth-order valence-corrected chi connectivity index (χ4v) is 5.37. The summed E-state index contributed by atoms with van der Waals surface area (Å²) in [7, 11) is 0. The van der Waals surface area contributed by atoms with E-state index < -0.39 is 0 Å². The molecule has 0 fully saturated rings. The van der Waals surface area contributed by atoms with Crippen molar-refractivity contribution >= 4 is 23.2 Å². The fraction of sp³-hybridized carbons (Fsp3) is 0.357. The van der Waals surface area contributed by atoms with Crippen LogP contribution in [0.4, 0.5) is 0 Å². The van der Waals surface area contributed by atoms with Gasteiger partial charge in [-0.25, -0.2) is 0 Å². The van der Waals surface area contributed by atoms with Crippen LogP contribution >= 0.6 is 11.3 Å². The van der Waals surface area contributed by atoms with Crippen LogP contribution in [0.3, 0.4) is 0 Å². The molecule has 2 amide bonds. The quantitative estimate of drug-likeness (QED) is 0.477. The van der Waals surface area contributed by atoms with Crippen LogP contribution in [0.1, 0.15) is 64.3 Å². The number of carbonyl (C=O) groups is 2. The molecular weight excluding hydrogens is 428 g/mol. The van der Waals surface area contributed by atoms with Crippen molar-refractivity contribution in [2.75, 3.05) is 13.1 Å². The van der Waals surface area contributed by atoms with E-state index in [0.717, 1.165) is 18.4 Å². The van der Waals surface area contributed by atoms with E-state index in [9.17, 15) is 9.59 Å². The number of fused-ring (bicyclic) bond motifs is 1. The van der Waals surface area contributed by atoms with Crippen LogP contribution in [0.15, 0.2) is 60.0 Å². The van der Waals surface area contributed by atoms with Crippen molar-refractivity contribution in [3.63, 3.8) is 0 Å². The van der Waals surface area contributed by atoms with Crippen molar-refractivity contribution in [3.05, 3.63) is 92.7 Å². The van der Waals surface area contributed by atoms with Gasteiger partial charge in [0.05, 0.1) is 6.04 Å². The van der Waals surface area contributed by atoms with E-state index in [-0.39, 0.29) is 30.4 Å². The van der Waals surface area contributed by atoms with Crippen LogP contribution in [0, 0.1) is 6.92 Å². The van der Waals surface area contributed by atoms with Crippen molar-refractivity contribution in [2.24, 2.45) is 0 Å². The molecular formula is C28H32N2O2S. The van der Waals surface area contributed by atoms with Gasteiger partial charge >= 0.3 is 0 Å². The standard InChI is InChI=1S/C28H32N2O2S/c1-5-21-8-12-23(13-9-21)28(32)30(19(2)3)18-26(31)29-16-14-25-24(15-17-33-25)27(29)22-10-6-20(4)7-11-22/h6-13,15,17,19,27H,5,14,16,18H2,1-4H3. The zero-order chi connectivity index (χ0) is 23.5. The Bertz CT molecular complexity index is 1120. The van der Waals surface area contributed by atoms with Crippen molar-refractivity contribution in [3.8, 4) is 0 Å². The fourth-order valence-electron chi connectivity index (χ4n) is 4.47. The van der Waals surface area contributed by atoms with Gasteiger partial charge in [-0.05, 0) is 73.9 Å². The Morgan fingerprint density at radius 3 is 2.39 bits per heavy atom. The molecule has 1 aliphatic heterocycles. The van der Waals surface area contributed by atoms with Gasteiger partial charge in [0, 0.05) is 23.0 Å². The first-order valence-electron chi connectivity index (χ1n) is 11.7. The van der Waals surface area contributed by atoms with E-state index in [2.05, 4.69) is 49.6 Å². The molecule has 1 aromatic heterocycles. The third-order valence-corrected chi connectivity index (χ3v) is 7.47. The maximum atomic E-state index is 13.7. The molecule has 5 heteroatoms. The lowest BCUT2D eigenvalue weighted by molar-refractivity contribution is -0.134. The third kappa shape index (κ3) is 4.88. The van der Waals surface area contributed by atoms with Gasteiger partial charge in [-0.2, -0.15) is 0 Å². The maximum Gasteiger partial charge on any atom is 0.254 e. The van der Waals surface area contributed by atoms with Crippen molar-refractivity contribution in [1.82, 2.24) is 9.80 Å². The van der Waals surface area contributed by atoms with Gasteiger partial charge < -0.3 is 9.80 Å². The summed E-state index contributed by atoms with van der Waals surface area (Å²) in [5.74, 6) is -0.106. The molecule has 0 saturated carbocycles. The molecule has 2 aromatic carbocycles. The lowest BCUT2D eigenvalue weighted by atomic mass is 9.92. The molecule has 0 radical (unpaired) electrons. The summed E-state index contributed by atoms with van der Waals surface area (Å²) in [6.07, 6.45) is 1.79. The second-order valence-corrected chi connectivity index (χ2v) is 10.0. The van der Waals surface area contributed by atoms with Crippen LogP contribution in [0.5, 0.6) is 0 Å². The third-order valence-electron chi connectivity index (χ3n) is 6.48. The Morgan fingerprint density at radius 1 is 1.06 bits per heavy atom. The molecule has 1 aliphatic rings. The Hall–Kier alpha value is -2.92. The number of amides is 2. The first kappa shape index (κ1) is 23.2. The smallest absolute Gasteiger partial charge is 0.254 e. The molecule has 0 spiro atoms. The average molecular weight is 461 g/mol. The molecule has 1 unspecified atom stereocenters. The first-order valence-corrected chi connectivity index (χ1v) is 12.6. The van der Waals surface area contributed by atoms with Crippen molar-refractivity contribution in [2.45, 2.75) is 52.6 Å². The van der Waals surface area contributed by atoms with Crippen LogP contribution in [-0.2, 0) is 17.6 Å². The number of nitrogens with zero attached hydrogens (tertiary/aromatic N) is 2. The minimum Gasteiger partial charge on any atom is -0.330 e. The second-order valence-electron chi connectivity index (χ2n) is 9.03. The number of hydrogen-bond donors (Lipinski definition) is 0. The number of carbonyl (C=O) groups excluding carboxylic acids is 2.